The van der Waals surface area contributed by atoms with E-state index in [4.69, 9.17) is 4.74 Å². The maximum atomic E-state index is 6.32. The minimum absolute atomic E-state index is 0.259. The molecule has 0 bridgehead atoms. The second kappa shape index (κ2) is 5.16. The number of nitrogens with one attached hydrogen (secondary N) is 1. The van der Waals surface area contributed by atoms with Crippen molar-refractivity contribution in [2.24, 2.45) is 0 Å². The number of aryl methyl sites for hydroxylation is 2. The summed E-state index contributed by atoms with van der Waals surface area (Å²) in [6, 6.07) is 6.59. The van der Waals surface area contributed by atoms with Crippen molar-refractivity contribution >= 4 is 5.69 Å². The molecule has 2 aliphatic rings. The van der Waals surface area contributed by atoms with Crippen LogP contribution >= 0.6 is 0 Å². The Bertz CT molecular complexity index is 449. The van der Waals surface area contributed by atoms with Crippen LogP contribution in [0.25, 0.3) is 0 Å². The lowest BCUT2D eigenvalue weighted by Gasteiger charge is -2.24. The molecule has 1 aromatic carbocycles. The molecule has 1 aliphatic carbocycles. The second-order valence-corrected chi connectivity index (χ2v) is 6.35. The van der Waals surface area contributed by atoms with Gasteiger partial charge in [-0.15, -0.1) is 0 Å². The molecule has 1 saturated carbocycles. The number of anilines is 1. The first-order valence-corrected chi connectivity index (χ1v) is 7.66. The van der Waals surface area contributed by atoms with Crippen molar-refractivity contribution in [3.63, 3.8) is 0 Å². The average molecular weight is 259 g/mol. The van der Waals surface area contributed by atoms with Gasteiger partial charge in [0.1, 0.15) is 0 Å². The standard InChI is InChI=1S/C17H25NO/c1-13-5-6-15(11-14(13)2)18-12-16-7-10-17(19-16)8-3-4-9-17/h5-6,11,16,18H,3-4,7-10,12H2,1-2H3. The molecule has 2 nitrogen and oxygen atoms in total. The van der Waals surface area contributed by atoms with Gasteiger partial charge in [-0.3, -0.25) is 0 Å². The van der Waals surface area contributed by atoms with E-state index in [1.165, 1.54) is 55.3 Å². The molecule has 1 unspecified atom stereocenters. The lowest BCUT2D eigenvalue weighted by Crippen LogP contribution is -2.27. The van der Waals surface area contributed by atoms with Crippen LogP contribution in [-0.4, -0.2) is 18.2 Å². The van der Waals surface area contributed by atoms with Gasteiger partial charge in [-0.25, -0.2) is 0 Å². The lowest BCUT2D eigenvalue weighted by molar-refractivity contribution is -0.0307. The molecule has 3 rings (SSSR count). The largest absolute Gasteiger partial charge is 0.382 e. The summed E-state index contributed by atoms with van der Waals surface area (Å²) in [5.74, 6) is 0. The summed E-state index contributed by atoms with van der Waals surface area (Å²) in [5, 5.41) is 3.54. The van der Waals surface area contributed by atoms with Gasteiger partial charge in [0, 0.05) is 12.2 Å². The van der Waals surface area contributed by atoms with Crippen LogP contribution in [0.1, 0.15) is 49.7 Å². The molecule has 0 radical (unpaired) electrons. The van der Waals surface area contributed by atoms with Gasteiger partial charge in [0.15, 0.2) is 0 Å². The van der Waals surface area contributed by atoms with Crippen LogP contribution in [0.4, 0.5) is 5.69 Å². The molecule has 104 valence electrons. The van der Waals surface area contributed by atoms with Crippen LogP contribution in [-0.2, 0) is 4.74 Å². The Morgan fingerprint density at radius 2 is 1.95 bits per heavy atom. The van der Waals surface area contributed by atoms with Crippen molar-refractivity contribution in [2.45, 2.75) is 64.1 Å². The van der Waals surface area contributed by atoms with E-state index in [1.807, 2.05) is 0 Å². The number of ether oxygens (including phenoxy) is 1. The Kier molecular flexibility index (Phi) is 3.53. The fourth-order valence-electron chi connectivity index (χ4n) is 3.51. The van der Waals surface area contributed by atoms with Gasteiger partial charge in [0.25, 0.3) is 0 Å². The monoisotopic (exact) mass is 259 g/mol. The van der Waals surface area contributed by atoms with Gasteiger partial charge < -0.3 is 10.1 Å². The van der Waals surface area contributed by atoms with Gasteiger partial charge in [0.05, 0.1) is 11.7 Å². The highest BCUT2D eigenvalue weighted by Crippen LogP contribution is 2.43. The molecule has 19 heavy (non-hydrogen) atoms. The van der Waals surface area contributed by atoms with Crippen LogP contribution in [0.2, 0.25) is 0 Å². The Hall–Kier alpha value is -1.02. The maximum absolute atomic E-state index is 6.32. The van der Waals surface area contributed by atoms with E-state index in [-0.39, 0.29) is 5.60 Å². The third-order valence-electron chi connectivity index (χ3n) is 4.89. The summed E-state index contributed by atoms with van der Waals surface area (Å²) in [7, 11) is 0. The zero-order chi connectivity index (χ0) is 13.3. The molecule has 1 heterocycles. The number of hydrogen-bond acceptors (Lipinski definition) is 2. The quantitative estimate of drug-likeness (QED) is 0.878. The van der Waals surface area contributed by atoms with Crippen LogP contribution in [0.3, 0.4) is 0 Å². The lowest BCUT2D eigenvalue weighted by atomic mass is 9.98. The van der Waals surface area contributed by atoms with Crippen molar-refractivity contribution < 1.29 is 4.74 Å². The molecule has 1 saturated heterocycles. The average Bonchev–Trinajstić information content (AvgIpc) is 3.02. The molecule has 0 amide bonds. The number of rotatable bonds is 3. The highest BCUT2D eigenvalue weighted by molar-refractivity contribution is 5.48. The summed E-state index contributed by atoms with van der Waals surface area (Å²) in [6.07, 6.45) is 8.18. The Morgan fingerprint density at radius 3 is 2.68 bits per heavy atom. The number of hydrogen-bond donors (Lipinski definition) is 1. The topological polar surface area (TPSA) is 21.3 Å². The maximum Gasteiger partial charge on any atom is 0.0756 e. The first-order chi connectivity index (χ1) is 9.17. The molecule has 2 fully saturated rings. The summed E-state index contributed by atoms with van der Waals surface area (Å²) >= 11 is 0. The van der Waals surface area contributed by atoms with E-state index >= 15 is 0 Å². The molecule has 0 aromatic heterocycles. The minimum Gasteiger partial charge on any atom is -0.382 e. The van der Waals surface area contributed by atoms with Crippen LogP contribution in [0, 0.1) is 13.8 Å². The number of benzene rings is 1. The molecule has 1 N–H and O–H groups in total. The van der Waals surface area contributed by atoms with E-state index in [1.54, 1.807) is 0 Å². The molecule has 1 aromatic rings. The van der Waals surface area contributed by atoms with Gasteiger partial charge in [-0.2, -0.15) is 0 Å². The van der Waals surface area contributed by atoms with Crippen molar-refractivity contribution in [3.05, 3.63) is 29.3 Å². The van der Waals surface area contributed by atoms with Gasteiger partial charge in [0.2, 0.25) is 0 Å². The van der Waals surface area contributed by atoms with Crippen LogP contribution in [0.5, 0.6) is 0 Å². The Labute approximate surface area is 116 Å². The SMILES string of the molecule is Cc1ccc(NCC2CCC3(CCCC3)O2)cc1C. The third-order valence-corrected chi connectivity index (χ3v) is 4.89. The smallest absolute Gasteiger partial charge is 0.0756 e. The fourth-order valence-corrected chi connectivity index (χ4v) is 3.51. The summed E-state index contributed by atoms with van der Waals surface area (Å²) in [6.45, 7) is 5.27. The van der Waals surface area contributed by atoms with Gasteiger partial charge in [-0.05, 0) is 62.8 Å². The molecular weight excluding hydrogens is 234 g/mol. The third kappa shape index (κ3) is 2.79. The van der Waals surface area contributed by atoms with Crippen molar-refractivity contribution in [3.8, 4) is 0 Å². The van der Waals surface area contributed by atoms with E-state index in [9.17, 15) is 0 Å². The second-order valence-electron chi connectivity index (χ2n) is 6.35. The normalized spacial score (nSPS) is 25.1. The Balaban J connectivity index is 1.54. The minimum atomic E-state index is 0.259. The first kappa shape index (κ1) is 13.0. The van der Waals surface area contributed by atoms with Crippen LogP contribution in [0.15, 0.2) is 18.2 Å². The zero-order valence-corrected chi connectivity index (χ0v) is 12.2. The predicted molar refractivity (Wildman–Crippen MR) is 79.7 cm³/mol. The van der Waals surface area contributed by atoms with Crippen molar-refractivity contribution in [1.82, 2.24) is 0 Å². The van der Waals surface area contributed by atoms with E-state index in [0.717, 1.165) is 6.54 Å². The van der Waals surface area contributed by atoms with Crippen molar-refractivity contribution in [1.29, 1.82) is 0 Å². The molecule has 1 aliphatic heterocycles. The summed E-state index contributed by atoms with van der Waals surface area (Å²) in [4.78, 5) is 0. The fraction of sp³-hybridized carbons (Fsp3) is 0.647. The summed E-state index contributed by atoms with van der Waals surface area (Å²) in [5.41, 5.74) is 4.19. The van der Waals surface area contributed by atoms with E-state index < -0.39 is 0 Å². The van der Waals surface area contributed by atoms with Crippen LogP contribution < -0.4 is 5.32 Å². The molecule has 1 atom stereocenters. The van der Waals surface area contributed by atoms with E-state index in [0.29, 0.717) is 6.10 Å². The highest BCUT2D eigenvalue weighted by atomic mass is 16.5. The van der Waals surface area contributed by atoms with Gasteiger partial charge >= 0.3 is 0 Å². The van der Waals surface area contributed by atoms with E-state index in [2.05, 4.69) is 37.4 Å². The predicted octanol–water partition coefficient (Wildman–Crippen LogP) is 4.21. The van der Waals surface area contributed by atoms with Crippen molar-refractivity contribution in [2.75, 3.05) is 11.9 Å². The molecule has 2 heteroatoms. The Morgan fingerprint density at radius 1 is 1.16 bits per heavy atom. The highest BCUT2D eigenvalue weighted by Gasteiger charge is 2.41. The van der Waals surface area contributed by atoms with Gasteiger partial charge in [-0.1, -0.05) is 18.9 Å². The first-order valence-electron chi connectivity index (χ1n) is 7.66. The molecule has 1 spiro atoms. The zero-order valence-electron chi connectivity index (χ0n) is 12.2. The summed E-state index contributed by atoms with van der Waals surface area (Å²) < 4.78 is 6.32. The molecular formula is C17H25NO.